The lowest BCUT2D eigenvalue weighted by Crippen LogP contribution is -2.28. The quantitative estimate of drug-likeness (QED) is 0.426. The van der Waals surface area contributed by atoms with Crippen LogP contribution in [-0.2, 0) is 6.42 Å². The van der Waals surface area contributed by atoms with Gasteiger partial charge in [-0.05, 0) is 49.9 Å². The molecule has 1 aliphatic carbocycles. The highest BCUT2D eigenvalue weighted by Gasteiger charge is 2.30. The molecule has 1 saturated carbocycles. The van der Waals surface area contributed by atoms with E-state index in [0.717, 1.165) is 37.2 Å². The van der Waals surface area contributed by atoms with Crippen molar-refractivity contribution >= 4 is 17.3 Å². The summed E-state index contributed by atoms with van der Waals surface area (Å²) >= 11 is 6.49. The van der Waals surface area contributed by atoms with Crippen LogP contribution in [0.3, 0.4) is 0 Å². The Morgan fingerprint density at radius 1 is 1.33 bits per heavy atom. The summed E-state index contributed by atoms with van der Waals surface area (Å²) in [7, 11) is 0. The number of hydrogen-bond donors (Lipinski definition) is 0. The molecule has 116 valence electrons. The van der Waals surface area contributed by atoms with Crippen molar-refractivity contribution in [2.75, 3.05) is 0 Å². The first-order valence-corrected chi connectivity index (χ1v) is 8.29. The third-order valence-electron chi connectivity index (χ3n) is 4.85. The molecule has 3 nitrogen and oxygen atoms in total. The Bertz CT molecular complexity index is 489. The zero-order valence-electron chi connectivity index (χ0n) is 12.8. The van der Waals surface area contributed by atoms with Gasteiger partial charge in [0.15, 0.2) is 0 Å². The van der Waals surface area contributed by atoms with Crippen LogP contribution >= 0.6 is 11.6 Å². The molecule has 0 aromatic heterocycles. The van der Waals surface area contributed by atoms with Gasteiger partial charge in [-0.25, -0.2) is 0 Å². The summed E-state index contributed by atoms with van der Waals surface area (Å²) in [6.45, 7) is 4.55. The average Bonchev–Trinajstić information content (AvgIpc) is 2.46. The zero-order chi connectivity index (χ0) is 15.4. The monoisotopic (exact) mass is 309 g/mol. The lowest BCUT2D eigenvalue weighted by molar-refractivity contribution is -0.385. The van der Waals surface area contributed by atoms with Crippen LogP contribution in [0.1, 0.15) is 45.1 Å². The van der Waals surface area contributed by atoms with E-state index in [1.807, 2.05) is 12.1 Å². The third-order valence-corrected chi connectivity index (χ3v) is 5.42. The van der Waals surface area contributed by atoms with Crippen molar-refractivity contribution in [2.45, 2.75) is 51.3 Å². The molecule has 4 heteroatoms. The third kappa shape index (κ3) is 4.19. The van der Waals surface area contributed by atoms with Gasteiger partial charge in [-0.3, -0.25) is 10.1 Å². The molecule has 21 heavy (non-hydrogen) atoms. The van der Waals surface area contributed by atoms with Crippen molar-refractivity contribution in [3.05, 3.63) is 39.9 Å². The molecule has 0 N–H and O–H groups in total. The molecule has 0 radical (unpaired) electrons. The molecule has 1 aromatic carbocycles. The van der Waals surface area contributed by atoms with Gasteiger partial charge in [0, 0.05) is 17.0 Å². The van der Waals surface area contributed by atoms with E-state index >= 15 is 0 Å². The largest absolute Gasteiger partial charge is 0.272 e. The first-order valence-electron chi connectivity index (χ1n) is 7.85. The van der Waals surface area contributed by atoms with Gasteiger partial charge in [-0.2, -0.15) is 0 Å². The van der Waals surface area contributed by atoms with Crippen molar-refractivity contribution in [2.24, 2.45) is 17.8 Å². The van der Waals surface area contributed by atoms with Crippen LogP contribution in [0.4, 0.5) is 5.69 Å². The molecule has 3 unspecified atom stereocenters. The highest BCUT2D eigenvalue weighted by molar-refractivity contribution is 6.20. The summed E-state index contributed by atoms with van der Waals surface area (Å²) in [5, 5.41) is 11.3. The van der Waals surface area contributed by atoms with Crippen LogP contribution < -0.4 is 0 Å². The van der Waals surface area contributed by atoms with Gasteiger partial charge in [0.1, 0.15) is 0 Å². The van der Waals surface area contributed by atoms with E-state index in [-0.39, 0.29) is 16.0 Å². The van der Waals surface area contributed by atoms with Gasteiger partial charge in [0.05, 0.1) is 4.92 Å². The number of aryl methyl sites for hydroxylation is 1. The van der Waals surface area contributed by atoms with E-state index in [1.165, 1.54) is 6.42 Å². The number of nitro benzene ring substituents is 1. The number of rotatable bonds is 5. The molecule has 0 bridgehead atoms. The van der Waals surface area contributed by atoms with Gasteiger partial charge in [-0.15, -0.1) is 11.6 Å². The van der Waals surface area contributed by atoms with Crippen LogP contribution in [0.2, 0.25) is 0 Å². The molecular formula is C17H24ClNO2. The van der Waals surface area contributed by atoms with E-state index in [9.17, 15) is 10.1 Å². The van der Waals surface area contributed by atoms with Gasteiger partial charge in [-0.1, -0.05) is 32.0 Å². The van der Waals surface area contributed by atoms with E-state index in [4.69, 9.17) is 11.6 Å². The molecule has 2 rings (SSSR count). The maximum absolute atomic E-state index is 11.1. The molecule has 1 aliphatic rings. The zero-order valence-corrected chi connectivity index (χ0v) is 13.6. The smallest absolute Gasteiger partial charge is 0.258 e. The Hall–Kier alpha value is -1.09. The molecule has 1 fully saturated rings. The minimum Gasteiger partial charge on any atom is -0.258 e. The SMILES string of the molecule is CC(C)C1CCC(Cl)C(CCc2ccccc2[N+](=O)[O-])C1. The van der Waals surface area contributed by atoms with Crippen LogP contribution in [-0.4, -0.2) is 10.3 Å². The lowest BCUT2D eigenvalue weighted by Gasteiger charge is -2.35. The second-order valence-electron chi connectivity index (χ2n) is 6.52. The maximum atomic E-state index is 11.1. The van der Waals surface area contributed by atoms with E-state index in [1.54, 1.807) is 12.1 Å². The molecular weight excluding hydrogens is 286 g/mol. The lowest BCUT2D eigenvalue weighted by atomic mass is 9.74. The highest BCUT2D eigenvalue weighted by atomic mass is 35.5. The summed E-state index contributed by atoms with van der Waals surface area (Å²) in [5.74, 6) is 1.92. The fourth-order valence-electron chi connectivity index (χ4n) is 3.41. The minimum atomic E-state index is -0.286. The summed E-state index contributed by atoms with van der Waals surface area (Å²) in [6.07, 6.45) is 5.14. The van der Waals surface area contributed by atoms with Crippen molar-refractivity contribution in [1.29, 1.82) is 0 Å². The molecule has 3 atom stereocenters. The second-order valence-corrected chi connectivity index (χ2v) is 7.08. The van der Waals surface area contributed by atoms with E-state index in [2.05, 4.69) is 13.8 Å². The van der Waals surface area contributed by atoms with E-state index in [0.29, 0.717) is 11.8 Å². The van der Waals surface area contributed by atoms with Crippen molar-refractivity contribution < 1.29 is 4.92 Å². The Morgan fingerprint density at radius 3 is 2.71 bits per heavy atom. The number of halogens is 1. The van der Waals surface area contributed by atoms with Gasteiger partial charge >= 0.3 is 0 Å². The normalized spacial score (nSPS) is 26.0. The van der Waals surface area contributed by atoms with Crippen molar-refractivity contribution in [1.82, 2.24) is 0 Å². The van der Waals surface area contributed by atoms with E-state index < -0.39 is 0 Å². The molecule has 0 spiro atoms. The Balaban J connectivity index is 2.00. The summed E-state index contributed by atoms with van der Waals surface area (Å²) in [4.78, 5) is 10.8. The molecule has 0 saturated heterocycles. The Morgan fingerprint density at radius 2 is 2.05 bits per heavy atom. The molecule has 1 aromatic rings. The van der Waals surface area contributed by atoms with Crippen LogP contribution in [0.25, 0.3) is 0 Å². The number of hydrogen-bond acceptors (Lipinski definition) is 2. The topological polar surface area (TPSA) is 43.1 Å². The number of para-hydroxylation sites is 1. The highest BCUT2D eigenvalue weighted by Crippen LogP contribution is 2.39. The van der Waals surface area contributed by atoms with Crippen molar-refractivity contribution in [3.8, 4) is 0 Å². The predicted octanol–water partition coefficient (Wildman–Crippen LogP) is 5.21. The van der Waals surface area contributed by atoms with Crippen LogP contribution in [0.15, 0.2) is 24.3 Å². The minimum absolute atomic E-state index is 0.225. The summed E-state index contributed by atoms with van der Waals surface area (Å²) in [5.41, 5.74) is 1.07. The molecule has 0 aliphatic heterocycles. The number of nitrogens with zero attached hydrogens (tertiary/aromatic N) is 1. The fraction of sp³-hybridized carbons (Fsp3) is 0.647. The predicted molar refractivity (Wildman–Crippen MR) is 86.7 cm³/mol. The Kier molecular flexibility index (Phi) is 5.63. The second kappa shape index (κ2) is 7.26. The Labute approximate surface area is 131 Å². The standard InChI is InChI=1S/C17H24ClNO2/c1-12(2)14-9-10-16(18)15(11-14)8-7-13-5-3-4-6-17(13)19(20)21/h3-6,12,14-16H,7-11H2,1-2H3. The van der Waals surface area contributed by atoms with Gasteiger partial charge in [0.25, 0.3) is 5.69 Å². The number of benzene rings is 1. The maximum Gasteiger partial charge on any atom is 0.272 e. The average molecular weight is 310 g/mol. The molecule has 0 amide bonds. The van der Waals surface area contributed by atoms with Gasteiger partial charge in [0.2, 0.25) is 0 Å². The van der Waals surface area contributed by atoms with Gasteiger partial charge < -0.3 is 0 Å². The van der Waals surface area contributed by atoms with Crippen molar-refractivity contribution in [3.63, 3.8) is 0 Å². The number of nitro groups is 1. The summed E-state index contributed by atoms with van der Waals surface area (Å²) < 4.78 is 0. The fourth-order valence-corrected chi connectivity index (χ4v) is 3.76. The molecule has 0 heterocycles. The van der Waals surface area contributed by atoms with Crippen LogP contribution in [0, 0.1) is 27.9 Å². The number of alkyl halides is 1. The first kappa shape index (κ1) is 16.3. The summed E-state index contributed by atoms with van der Waals surface area (Å²) in [6, 6.07) is 7.05. The first-order chi connectivity index (χ1) is 9.99. The van der Waals surface area contributed by atoms with Crippen LogP contribution in [0.5, 0.6) is 0 Å².